The summed E-state index contributed by atoms with van der Waals surface area (Å²) in [5.74, 6) is -0.412. The van der Waals surface area contributed by atoms with E-state index >= 15 is 0 Å². The molecule has 0 fully saturated rings. The van der Waals surface area contributed by atoms with Crippen molar-refractivity contribution >= 4 is 39.9 Å². The van der Waals surface area contributed by atoms with Crippen LogP contribution in [0.5, 0.6) is 0 Å². The van der Waals surface area contributed by atoms with Crippen LogP contribution in [0, 0.1) is 0 Å². The van der Waals surface area contributed by atoms with Crippen LogP contribution in [-0.2, 0) is 0 Å². The molecule has 1 amide bonds. The van der Waals surface area contributed by atoms with Crippen LogP contribution in [-0.4, -0.2) is 10.9 Å². The SMILES string of the molecule is Cl.NC(=O)c1ccc2scnc2c1. The summed E-state index contributed by atoms with van der Waals surface area (Å²) in [6.45, 7) is 0. The molecule has 1 aromatic heterocycles. The van der Waals surface area contributed by atoms with Gasteiger partial charge in [0.25, 0.3) is 0 Å². The van der Waals surface area contributed by atoms with Crippen molar-refractivity contribution in [3.63, 3.8) is 0 Å². The van der Waals surface area contributed by atoms with E-state index in [2.05, 4.69) is 4.98 Å². The van der Waals surface area contributed by atoms with Crippen LogP contribution in [0.1, 0.15) is 10.4 Å². The number of nitrogens with zero attached hydrogens (tertiary/aromatic N) is 1. The molecule has 0 saturated carbocycles. The number of rotatable bonds is 1. The lowest BCUT2D eigenvalue weighted by Crippen LogP contribution is -2.10. The molecule has 0 spiro atoms. The zero-order chi connectivity index (χ0) is 8.55. The van der Waals surface area contributed by atoms with Gasteiger partial charge in [-0.25, -0.2) is 4.98 Å². The van der Waals surface area contributed by atoms with E-state index in [-0.39, 0.29) is 12.4 Å². The summed E-state index contributed by atoms with van der Waals surface area (Å²) in [5, 5.41) is 0. The molecular formula is C8H7ClN2OS. The Labute approximate surface area is 85.0 Å². The van der Waals surface area contributed by atoms with E-state index in [1.165, 1.54) is 0 Å². The third kappa shape index (κ3) is 1.79. The van der Waals surface area contributed by atoms with Crippen LogP contribution in [0.2, 0.25) is 0 Å². The van der Waals surface area contributed by atoms with Gasteiger partial charge in [-0.15, -0.1) is 23.7 Å². The molecule has 68 valence electrons. The molecule has 0 atom stereocenters. The Kier molecular flexibility index (Phi) is 2.85. The second kappa shape index (κ2) is 3.72. The first-order valence-electron chi connectivity index (χ1n) is 3.40. The molecule has 3 nitrogen and oxygen atoms in total. The standard InChI is InChI=1S/C8H6N2OS.ClH/c9-8(11)5-1-2-7-6(3-5)10-4-12-7;/h1-4H,(H2,9,11);1H. The Hall–Kier alpha value is -1.13. The zero-order valence-corrected chi connectivity index (χ0v) is 8.19. The average molecular weight is 215 g/mol. The zero-order valence-electron chi connectivity index (χ0n) is 6.56. The molecular weight excluding hydrogens is 208 g/mol. The van der Waals surface area contributed by atoms with E-state index in [4.69, 9.17) is 5.73 Å². The quantitative estimate of drug-likeness (QED) is 0.787. The number of aromatic nitrogens is 1. The number of halogens is 1. The molecule has 0 aliphatic heterocycles. The van der Waals surface area contributed by atoms with Crippen LogP contribution in [0.15, 0.2) is 23.7 Å². The first-order chi connectivity index (χ1) is 5.77. The first kappa shape index (κ1) is 9.95. The van der Waals surface area contributed by atoms with Crippen molar-refractivity contribution in [2.75, 3.05) is 0 Å². The highest BCUT2D eigenvalue weighted by Crippen LogP contribution is 2.18. The lowest BCUT2D eigenvalue weighted by atomic mass is 10.2. The number of hydrogen-bond donors (Lipinski definition) is 1. The summed E-state index contributed by atoms with van der Waals surface area (Å²) in [4.78, 5) is 14.8. The Morgan fingerprint density at radius 3 is 2.92 bits per heavy atom. The molecule has 2 aromatic rings. The van der Waals surface area contributed by atoms with Crippen molar-refractivity contribution in [1.29, 1.82) is 0 Å². The number of amides is 1. The maximum atomic E-state index is 10.8. The van der Waals surface area contributed by atoms with Gasteiger partial charge in [-0.3, -0.25) is 4.79 Å². The van der Waals surface area contributed by atoms with Crippen LogP contribution in [0.3, 0.4) is 0 Å². The predicted molar refractivity (Wildman–Crippen MR) is 55.4 cm³/mol. The summed E-state index contributed by atoms with van der Waals surface area (Å²) in [7, 11) is 0. The Morgan fingerprint density at radius 1 is 1.46 bits per heavy atom. The van der Waals surface area contributed by atoms with Gasteiger partial charge in [0.1, 0.15) is 0 Å². The highest BCUT2D eigenvalue weighted by Gasteiger charge is 2.02. The smallest absolute Gasteiger partial charge is 0.248 e. The minimum Gasteiger partial charge on any atom is -0.366 e. The molecule has 0 radical (unpaired) electrons. The number of nitrogens with two attached hydrogens (primary N) is 1. The van der Waals surface area contributed by atoms with Crippen LogP contribution in [0.4, 0.5) is 0 Å². The fourth-order valence-electron chi connectivity index (χ4n) is 1.01. The van der Waals surface area contributed by atoms with Gasteiger partial charge in [0.2, 0.25) is 5.91 Å². The second-order valence-corrected chi connectivity index (χ2v) is 3.29. The van der Waals surface area contributed by atoms with Gasteiger partial charge < -0.3 is 5.73 Å². The van der Waals surface area contributed by atoms with Crippen molar-refractivity contribution in [3.8, 4) is 0 Å². The minimum absolute atomic E-state index is 0. The molecule has 1 aromatic carbocycles. The Balaban J connectivity index is 0.000000845. The van der Waals surface area contributed by atoms with E-state index in [1.54, 1.807) is 29.0 Å². The first-order valence-corrected chi connectivity index (χ1v) is 4.28. The number of hydrogen-bond acceptors (Lipinski definition) is 3. The Bertz CT molecular complexity index is 440. The van der Waals surface area contributed by atoms with Crippen molar-refractivity contribution in [1.82, 2.24) is 4.98 Å². The van der Waals surface area contributed by atoms with Gasteiger partial charge in [0.05, 0.1) is 15.7 Å². The number of carbonyl (C=O) groups excluding carboxylic acids is 1. The summed E-state index contributed by atoms with van der Waals surface area (Å²) < 4.78 is 1.07. The number of carbonyl (C=O) groups is 1. The molecule has 2 rings (SSSR count). The number of thiazole rings is 1. The molecule has 2 N–H and O–H groups in total. The summed E-state index contributed by atoms with van der Waals surface area (Å²) >= 11 is 1.54. The summed E-state index contributed by atoms with van der Waals surface area (Å²) in [6, 6.07) is 5.27. The van der Waals surface area contributed by atoms with Gasteiger partial charge in [0.15, 0.2) is 0 Å². The van der Waals surface area contributed by atoms with Crippen LogP contribution >= 0.6 is 23.7 Å². The summed E-state index contributed by atoms with van der Waals surface area (Å²) in [5.41, 5.74) is 8.19. The Morgan fingerprint density at radius 2 is 2.23 bits per heavy atom. The average Bonchev–Trinajstić information content (AvgIpc) is 2.49. The molecule has 1 heterocycles. The number of benzene rings is 1. The topological polar surface area (TPSA) is 56.0 Å². The third-order valence-electron chi connectivity index (χ3n) is 1.61. The van der Waals surface area contributed by atoms with Gasteiger partial charge in [0, 0.05) is 5.56 Å². The predicted octanol–water partition coefficient (Wildman–Crippen LogP) is 1.82. The highest BCUT2D eigenvalue weighted by molar-refractivity contribution is 7.16. The van der Waals surface area contributed by atoms with Gasteiger partial charge in [-0.1, -0.05) is 0 Å². The molecule has 5 heteroatoms. The van der Waals surface area contributed by atoms with Crippen molar-refractivity contribution < 1.29 is 4.79 Å². The monoisotopic (exact) mass is 214 g/mol. The fraction of sp³-hybridized carbons (Fsp3) is 0. The van der Waals surface area contributed by atoms with Crippen molar-refractivity contribution in [3.05, 3.63) is 29.3 Å². The van der Waals surface area contributed by atoms with E-state index in [1.807, 2.05) is 6.07 Å². The van der Waals surface area contributed by atoms with Crippen LogP contribution < -0.4 is 5.73 Å². The minimum atomic E-state index is -0.412. The van der Waals surface area contributed by atoms with Crippen molar-refractivity contribution in [2.45, 2.75) is 0 Å². The number of fused-ring (bicyclic) bond motifs is 1. The van der Waals surface area contributed by atoms with Gasteiger partial charge >= 0.3 is 0 Å². The molecule has 0 unspecified atom stereocenters. The molecule has 0 aliphatic rings. The van der Waals surface area contributed by atoms with Crippen LogP contribution in [0.25, 0.3) is 10.2 Å². The van der Waals surface area contributed by atoms with E-state index in [9.17, 15) is 4.79 Å². The highest BCUT2D eigenvalue weighted by atomic mass is 35.5. The number of primary amides is 1. The van der Waals surface area contributed by atoms with Gasteiger partial charge in [-0.2, -0.15) is 0 Å². The van der Waals surface area contributed by atoms with Gasteiger partial charge in [-0.05, 0) is 18.2 Å². The van der Waals surface area contributed by atoms with E-state index < -0.39 is 5.91 Å². The lowest BCUT2D eigenvalue weighted by molar-refractivity contribution is 0.100. The third-order valence-corrected chi connectivity index (χ3v) is 2.42. The second-order valence-electron chi connectivity index (χ2n) is 2.40. The fourth-order valence-corrected chi connectivity index (χ4v) is 1.67. The molecule has 0 bridgehead atoms. The van der Waals surface area contributed by atoms with E-state index in [0.29, 0.717) is 5.56 Å². The largest absolute Gasteiger partial charge is 0.366 e. The summed E-state index contributed by atoms with van der Waals surface area (Å²) in [6.07, 6.45) is 0. The lowest BCUT2D eigenvalue weighted by Gasteiger charge is -1.92. The molecule has 13 heavy (non-hydrogen) atoms. The molecule has 0 aliphatic carbocycles. The maximum Gasteiger partial charge on any atom is 0.248 e. The van der Waals surface area contributed by atoms with E-state index in [0.717, 1.165) is 10.2 Å². The normalized spacial score (nSPS) is 9.54. The maximum absolute atomic E-state index is 10.8. The van der Waals surface area contributed by atoms with Crippen molar-refractivity contribution in [2.24, 2.45) is 5.73 Å². The molecule has 0 saturated heterocycles.